The van der Waals surface area contributed by atoms with Gasteiger partial charge in [-0.1, -0.05) is 69.8 Å². The van der Waals surface area contributed by atoms with Gasteiger partial charge >= 0.3 is 0 Å². The molecule has 0 saturated carbocycles. The van der Waals surface area contributed by atoms with Crippen LogP contribution < -0.4 is 10.6 Å². The first-order valence-corrected chi connectivity index (χ1v) is 11.2. The Hall–Kier alpha value is -3.27. The van der Waals surface area contributed by atoms with Crippen LogP contribution in [0.2, 0.25) is 0 Å². The summed E-state index contributed by atoms with van der Waals surface area (Å²) < 4.78 is 2.07. The summed E-state index contributed by atoms with van der Waals surface area (Å²) in [6.45, 7) is 13.6. The second-order valence-corrected chi connectivity index (χ2v) is 8.30. The van der Waals surface area contributed by atoms with Crippen molar-refractivity contribution in [3.05, 3.63) is 90.3 Å². The molecular weight excluding hydrogens is 380 g/mol. The van der Waals surface area contributed by atoms with Crippen LogP contribution in [0.4, 0.5) is 5.82 Å². The van der Waals surface area contributed by atoms with Crippen molar-refractivity contribution < 1.29 is 0 Å². The van der Waals surface area contributed by atoms with Gasteiger partial charge in [0.25, 0.3) is 0 Å². The highest BCUT2D eigenvalue weighted by atomic mass is 15.3. The number of benzene rings is 2. The summed E-state index contributed by atoms with van der Waals surface area (Å²) in [5.41, 5.74) is 8.07. The largest absolute Gasteiger partial charge is 0.388 e. The highest BCUT2D eigenvalue weighted by molar-refractivity contribution is 5.68. The molecule has 31 heavy (non-hydrogen) atoms. The van der Waals surface area contributed by atoms with E-state index in [-0.39, 0.29) is 0 Å². The topological polar surface area (TPSA) is 41.9 Å². The van der Waals surface area contributed by atoms with Gasteiger partial charge < -0.3 is 10.6 Å². The van der Waals surface area contributed by atoms with Crippen molar-refractivity contribution in [3.63, 3.8) is 0 Å². The number of para-hydroxylation sites is 1. The highest BCUT2D eigenvalue weighted by Gasteiger charge is 2.22. The summed E-state index contributed by atoms with van der Waals surface area (Å²) in [6, 6.07) is 19.4. The molecule has 4 rings (SSSR count). The van der Waals surface area contributed by atoms with Crippen molar-refractivity contribution in [2.45, 2.75) is 39.5 Å². The lowest BCUT2D eigenvalue weighted by Crippen LogP contribution is -2.14. The molecule has 3 aromatic rings. The second kappa shape index (κ2) is 9.25. The molecule has 2 aromatic carbocycles. The van der Waals surface area contributed by atoms with Crippen LogP contribution >= 0.6 is 0 Å². The van der Waals surface area contributed by atoms with Gasteiger partial charge in [-0.25, -0.2) is 4.68 Å². The molecule has 160 valence electrons. The molecule has 0 amide bonds. The van der Waals surface area contributed by atoms with E-state index in [1.807, 2.05) is 0 Å². The van der Waals surface area contributed by atoms with Crippen LogP contribution in [0.1, 0.15) is 37.8 Å². The summed E-state index contributed by atoms with van der Waals surface area (Å²) in [5, 5.41) is 11.8. The second-order valence-electron chi connectivity index (χ2n) is 8.30. The highest BCUT2D eigenvalue weighted by Crippen LogP contribution is 2.30. The van der Waals surface area contributed by atoms with Crippen LogP contribution in [0.25, 0.3) is 16.9 Å². The van der Waals surface area contributed by atoms with Crippen molar-refractivity contribution in [2.75, 3.05) is 11.9 Å². The first-order valence-electron chi connectivity index (χ1n) is 11.2. The van der Waals surface area contributed by atoms with Gasteiger partial charge in [-0.2, -0.15) is 0 Å². The van der Waals surface area contributed by atoms with E-state index in [0.29, 0.717) is 5.92 Å². The van der Waals surface area contributed by atoms with Gasteiger partial charge in [0.15, 0.2) is 5.82 Å². The summed E-state index contributed by atoms with van der Waals surface area (Å²) in [4.78, 5) is 0. The molecule has 1 atom stereocenters. The van der Waals surface area contributed by atoms with Gasteiger partial charge in [-0.3, -0.25) is 0 Å². The number of rotatable bonds is 8. The zero-order chi connectivity index (χ0) is 21.8. The molecule has 0 spiro atoms. The SMILES string of the molecule is C=C1C[C@H](C(=C)Nc2cc(-c3cccc(CCC)c3)n(-c3ccccc3CC)n2)CN1. The third-order valence-electron chi connectivity index (χ3n) is 5.94. The fourth-order valence-corrected chi connectivity index (χ4v) is 4.24. The molecular formula is C27H32N4. The van der Waals surface area contributed by atoms with Crippen molar-refractivity contribution >= 4 is 5.82 Å². The fraction of sp³-hybridized carbons (Fsp3) is 0.296. The molecule has 1 aromatic heterocycles. The number of hydrogen-bond donors (Lipinski definition) is 2. The maximum absolute atomic E-state index is 4.97. The van der Waals surface area contributed by atoms with Crippen LogP contribution in [-0.2, 0) is 12.8 Å². The van der Waals surface area contributed by atoms with E-state index in [9.17, 15) is 0 Å². The number of nitrogens with one attached hydrogen (secondary N) is 2. The van der Waals surface area contributed by atoms with Crippen LogP contribution in [0.15, 0.2) is 79.1 Å². The van der Waals surface area contributed by atoms with E-state index in [1.54, 1.807) is 0 Å². The summed E-state index contributed by atoms with van der Waals surface area (Å²) >= 11 is 0. The molecule has 2 N–H and O–H groups in total. The van der Waals surface area contributed by atoms with Gasteiger partial charge in [0.05, 0.1) is 11.4 Å². The maximum Gasteiger partial charge on any atom is 0.153 e. The Balaban J connectivity index is 1.74. The van der Waals surface area contributed by atoms with Gasteiger partial charge in [0.1, 0.15) is 0 Å². The Labute approximate surface area is 185 Å². The van der Waals surface area contributed by atoms with Crippen LogP contribution in [0.5, 0.6) is 0 Å². The number of anilines is 1. The molecule has 0 radical (unpaired) electrons. The third-order valence-corrected chi connectivity index (χ3v) is 5.94. The molecule has 4 nitrogen and oxygen atoms in total. The Morgan fingerprint density at radius 3 is 2.74 bits per heavy atom. The Bertz CT molecular complexity index is 1090. The molecule has 1 aliphatic rings. The third kappa shape index (κ3) is 4.58. The molecule has 1 fully saturated rings. The minimum absolute atomic E-state index is 0.330. The lowest BCUT2D eigenvalue weighted by Gasteiger charge is -2.13. The van der Waals surface area contributed by atoms with Crippen molar-refractivity contribution in [3.8, 4) is 16.9 Å². The number of allylic oxidation sites excluding steroid dienone is 1. The quantitative estimate of drug-likeness (QED) is 0.469. The van der Waals surface area contributed by atoms with Crippen LogP contribution in [0.3, 0.4) is 0 Å². The number of aryl methyl sites for hydroxylation is 2. The standard InChI is InChI=1S/C27H32N4/c1-5-10-21-11-9-13-23(16-21)26-17-27(29-20(4)24-15-19(3)28-18-24)30-31(26)25-14-8-7-12-22(25)6-2/h7-9,11-14,16-17,24,28H,3-6,10,15,18H2,1-2H3,(H,29,30)/t24-/m0/s1. The molecule has 4 heteroatoms. The summed E-state index contributed by atoms with van der Waals surface area (Å²) in [7, 11) is 0. The molecule has 1 saturated heterocycles. The monoisotopic (exact) mass is 412 g/mol. The summed E-state index contributed by atoms with van der Waals surface area (Å²) in [5.74, 6) is 1.15. The Morgan fingerprint density at radius 2 is 2.00 bits per heavy atom. The minimum atomic E-state index is 0.330. The fourth-order valence-electron chi connectivity index (χ4n) is 4.24. The van der Waals surface area contributed by atoms with Crippen molar-refractivity contribution in [1.82, 2.24) is 15.1 Å². The lowest BCUT2D eigenvalue weighted by atomic mass is 10.0. The maximum atomic E-state index is 4.97. The molecule has 0 unspecified atom stereocenters. The lowest BCUT2D eigenvalue weighted by molar-refractivity contribution is 0.689. The van der Waals surface area contributed by atoms with Crippen molar-refractivity contribution in [1.29, 1.82) is 0 Å². The smallest absolute Gasteiger partial charge is 0.153 e. The van der Waals surface area contributed by atoms with Crippen LogP contribution in [-0.4, -0.2) is 16.3 Å². The normalized spacial score (nSPS) is 15.7. The number of aromatic nitrogens is 2. The first-order chi connectivity index (χ1) is 15.1. The molecule has 2 heterocycles. The predicted octanol–water partition coefficient (Wildman–Crippen LogP) is 6.10. The molecule has 0 bridgehead atoms. The average molecular weight is 413 g/mol. The van der Waals surface area contributed by atoms with Gasteiger partial charge in [-0.15, -0.1) is 5.10 Å². The summed E-state index contributed by atoms with van der Waals surface area (Å²) in [6.07, 6.45) is 4.08. The van der Waals surface area contributed by atoms with E-state index in [4.69, 9.17) is 5.10 Å². The molecule has 1 aliphatic heterocycles. The van der Waals surface area contributed by atoms with E-state index in [0.717, 1.165) is 60.8 Å². The minimum Gasteiger partial charge on any atom is -0.388 e. The number of nitrogens with zero attached hydrogens (tertiary/aromatic N) is 2. The zero-order valence-corrected chi connectivity index (χ0v) is 18.6. The average Bonchev–Trinajstić information content (AvgIpc) is 3.40. The van der Waals surface area contributed by atoms with Gasteiger partial charge in [0.2, 0.25) is 0 Å². The van der Waals surface area contributed by atoms with E-state index in [2.05, 4.69) is 96.9 Å². The van der Waals surface area contributed by atoms with E-state index < -0.39 is 0 Å². The van der Waals surface area contributed by atoms with Gasteiger partial charge in [0, 0.05) is 35.5 Å². The van der Waals surface area contributed by atoms with E-state index >= 15 is 0 Å². The predicted molar refractivity (Wildman–Crippen MR) is 130 cm³/mol. The first kappa shape index (κ1) is 21.0. The van der Waals surface area contributed by atoms with Gasteiger partial charge in [-0.05, 0) is 42.5 Å². The van der Waals surface area contributed by atoms with Crippen LogP contribution in [0, 0.1) is 5.92 Å². The van der Waals surface area contributed by atoms with Crippen molar-refractivity contribution in [2.24, 2.45) is 5.92 Å². The number of hydrogen-bond acceptors (Lipinski definition) is 3. The molecule has 0 aliphatic carbocycles. The Kier molecular flexibility index (Phi) is 6.26. The Morgan fingerprint density at radius 1 is 1.16 bits per heavy atom. The zero-order valence-electron chi connectivity index (χ0n) is 18.6. The van der Waals surface area contributed by atoms with E-state index in [1.165, 1.54) is 16.7 Å².